The molecule has 0 atom stereocenters. The number of benzene rings is 1. The molecule has 0 saturated heterocycles. The Balaban J connectivity index is 3.01. The van der Waals surface area contributed by atoms with Gasteiger partial charge in [-0.2, -0.15) is 0 Å². The van der Waals surface area contributed by atoms with Crippen LogP contribution in [-0.4, -0.2) is 36.9 Å². The topological polar surface area (TPSA) is 98.7 Å². The van der Waals surface area contributed by atoms with E-state index in [2.05, 4.69) is 0 Å². The highest BCUT2D eigenvalue weighted by Gasteiger charge is 2.20. The molecule has 0 bridgehead atoms. The number of hydrogen-bond acceptors (Lipinski definition) is 4. The Morgan fingerprint density at radius 3 is 2.60 bits per heavy atom. The molecule has 0 saturated carbocycles. The molecule has 0 aromatic heterocycles. The maximum Gasteiger partial charge on any atom is 0.258 e. The molecule has 0 aliphatic carbocycles. The fraction of sp³-hybridized carbons (Fsp3) is 0.429. The van der Waals surface area contributed by atoms with E-state index in [-0.39, 0.29) is 12.5 Å². The van der Waals surface area contributed by atoms with Gasteiger partial charge in [-0.3, -0.25) is 9.59 Å². The first-order chi connectivity index (χ1) is 9.49. The van der Waals surface area contributed by atoms with Crippen molar-refractivity contribution in [3.05, 3.63) is 23.8 Å². The summed E-state index contributed by atoms with van der Waals surface area (Å²) in [6, 6.07) is 4.80. The molecule has 6 heteroatoms. The normalized spacial score (nSPS) is 10.1. The first kappa shape index (κ1) is 15.8. The van der Waals surface area contributed by atoms with Gasteiger partial charge in [-0.1, -0.05) is 13.3 Å². The summed E-state index contributed by atoms with van der Waals surface area (Å²) in [6.45, 7) is 2.38. The monoisotopic (exact) mass is 279 g/mol. The highest BCUT2D eigenvalue weighted by molar-refractivity contribution is 5.99. The lowest BCUT2D eigenvalue weighted by Gasteiger charge is -2.22. The number of nitrogens with zero attached hydrogens (tertiary/aromatic N) is 1. The van der Waals surface area contributed by atoms with Gasteiger partial charge in [-0.15, -0.1) is 0 Å². The Bertz CT molecular complexity index is 489. The van der Waals surface area contributed by atoms with Crippen LogP contribution in [0.25, 0.3) is 0 Å². The maximum atomic E-state index is 12.5. The molecule has 0 heterocycles. The largest absolute Gasteiger partial charge is 0.496 e. The van der Waals surface area contributed by atoms with Gasteiger partial charge in [0.05, 0.1) is 19.2 Å². The zero-order valence-corrected chi connectivity index (χ0v) is 11.9. The van der Waals surface area contributed by atoms with E-state index in [4.69, 9.17) is 16.2 Å². The predicted octanol–water partition coefficient (Wildman–Crippen LogP) is 1.00. The Hall–Kier alpha value is -2.24. The third-order valence-electron chi connectivity index (χ3n) is 2.87. The molecular formula is C14H21N3O3. The average molecular weight is 279 g/mol. The molecule has 1 aromatic rings. The van der Waals surface area contributed by atoms with Crippen LogP contribution >= 0.6 is 0 Å². The second kappa shape index (κ2) is 7.37. The van der Waals surface area contributed by atoms with Crippen LogP contribution in [0.1, 0.15) is 30.1 Å². The van der Waals surface area contributed by atoms with Crippen LogP contribution in [0.5, 0.6) is 5.75 Å². The van der Waals surface area contributed by atoms with E-state index >= 15 is 0 Å². The zero-order chi connectivity index (χ0) is 15.1. The quantitative estimate of drug-likeness (QED) is 0.727. The molecule has 2 amide bonds. The van der Waals surface area contributed by atoms with E-state index in [9.17, 15) is 9.59 Å². The summed E-state index contributed by atoms with van der Waals surface area (Å²) in [5.41, 5.74) is 11.7. The van der Waals surface area contributed by atoms with Crippen LogP contribution in [-0.2, 0) is 4.79 Å². The van der Waals surface area contributed by atoms with Gasteiger partial charge in [0.1, 0.15) is 5.75 Å². The average Bonchev–Trinajstić information content (AvgIpc) is 2.42. The van der Waals surface area contributed by atoms with E-state index in [1.165, 1.54) is 12.0 Å². The minimum atomic E-state index is -0.538. The molecule has 1 rings (SSSR count). The summed E-state index contributed by atoms with van der Waals surface area (Å²) in [5.74, 6) is -0.432. The molecule has 20 heavy (non-hydrogen) atoms. The van der Waals surface area contributed by atoms with Crippen molar-refractivity contribution in [2.75, 3.05) is 25.9 Å². The number of carbonyl (C=O) groups is 2. The van der Waals surface area contributed by atoms with Crippen molar-refractivity contribution in [2.45, 2.75) is 19.8 Å². The zero-order valence-electron chi connectivity index (χ0n) is 11.9. The van der Waals surface area contributed by atoms with Gasteiger partial charge in [0.15, 0.2) is 0 Å². The van der Waals surface area contributed by atoms with Gasteiger partial charge in [-0.25, -0.2) is 0 Å². The van der Waals surface area contributed by atoms with E-state index in [0.29, 0.717) is 23.5 Å². The van der Waals surface area contributed by atoms with E-state index in [0.717, 1.165) is 12.8 Å². The number of primary amides is 1. The van der Waals surface area contributed by atoms with Crippen molar-refractivity contribution >= 4 is 17.5 Å². The number of hydrogen-bond donors (Lipinski definition) is 2. The lowest BCUT2D eigenvalue weighted by atomic mass is 10.1. The van der Waals surface area contributed by atoms with E-state index in [1.54, 1.807) is 18.2 Å². The number of nitrogens with two attached hydrogens (primary N) is 2. The molecule has 0 fully saturated rings. The molecule has 110 valence electrons. The summed E-state index contributed by atoms with van der Waals surface area (Å²) in [7, 11) is 1.47. The van der Waals surface area contributed by atoms with E-state index in [1.807, 2.05) is 6.92 Å². The third-order valence-corrected chi connectivity index (χ3v) is 2.87. The van der Waals surface area contributed by atoms with E-state index < -0.39 is 5.91 Å². The highest BCUT2D eigenvalue weighted by atomic mass is 16.5. The van der Waals surface area contributed by atoms with Crippen LogP contribution in [0.4, 0.5) is 5.69 Å². The Morgan fingerprint density at radius 1 is 1.35 bits per heavy atom. The van der Waals surface area contributed by atoms with Crippen molar-refractivity contribution in [1.82, 2.24) is 4.90 Å². The van der Waals surface area contributed by atoms with Crippen LogP contribution in [0.3, 0.4) is 0 Å². The van der Waals surface area contributed by atoms with Crippen molar-refractivity contribution < 1.29 is 14.3 Å². The van der Waals surface area contributed by atoms with Gasteiger partial charge in [0, 0.05) is 18.3 Å². The number of methoxy groups -OCH3 is 1. The van der Waals surface area contributed by atoms with Gasteiger partial charge in [-0.05, 0) is 18.6 Å². The van der Waals surface area contributed by atoms with Crippen molar-refractivity contribution in [2.24, 2.45) is 5.73 Å². The second-order valence-electron chi connectivity index (χ2n) is 4.51. The first-order valence-electron chi connectivity index (χ1n) is 6.50. The van der Waals surface area contributed by atoms with Gasteiger partial charge < -0.3 is 21.1 Å². The molecule has 4 N–H and O–H groups in total. The number of rotatable bonds is 7. The molecule has 0 aliphatic rings. The number of carbonyl (C=O) groups excluding carboxylic acids is 2. The number of amides is 2. The van der Waals surface area contributed by atoms with Crippen molar-refractivity contribution in [1.29, 1.82) is 0 Å². The van der Waals surface area contributed by atoms with Crippen LogP contribution in [0.2, 0.25) is 0 Å². The van der Waals surface area contributed by atoms with Gasteiger partial charge in [0.2, 0.25) is 5.91 Å². The summed E-state index contributed by atoms with van der Waals surface area (Å²) >= 11 is 0. The lowest BCUT2D eigenvalue weighted by molar-refractivity contribution is -0.118. The third kappa shape index (κ3) is 4.15. The number of anilines is 1. The fourth-order valence-corrected chi connectivity index (χ4v) is 1.84. The molecule has 0 radical (unpaired) electrons. The highest BCUT2D eigenvalue weighted by Crippen LogP contribution is 2.23. The molecule has 0 aliphatic heterocycles. The number of nitrogen functional groups attached to an aromatic ring is 1. The Morgan fingerprint density at radius 2 is 2.05 bits per heavy atom. The van der Waals surface area contributed by atoms with Crippen molar-refractivity contribution in [3.8, 4) is 5.75 Å². The van der Waals surface area contributed by atoms with Gasteiger partial charge >= 0.3 is 0 Å². The number of ether oxygens (including phenoxy) is 1. The smallest absolute Gasteiger partial charge is 0.258 e. The molecule has 0 spiro atoms. The predicted molar refractivity (Wildman–Crippen MR) is 77.4 cm³/mol. The lowest BCUT2D eigenvalue weighted by Crippen LogP contribution is -2.39. The van der Waals surface area contributed by atoms with Crippen LogP contribution in [0, 0.1) is 0 Å². The SMILES string of the molecule is CCCCN(CC(N)=O)C(=O)c1ccc(N)cc1OC. The fourth-order valence-electron chi connectivity index (χ4n) is 1.84. The summed E-state index contributed by atoms with van der Waals surface area (Å²) in [6.07, 6.45) is 1.72. The second-order valence-corrected chi connectivity index (χ2v) is 4.51. The Kier molecular flexibility index (Phi) is 5.83. The first-order valence-corrected chi connectivity index (χ1v) is 6.50. The standard InChI is InChI=1S/C14H21N3O3/c1-3-4-7-17(9-13(16)18)14(19)11-6-5-10(15)8-12(11)20-2/h5-6,8H,3-4,7,9,15H2,1-2H3,(H2,16,18). The minimum absolute atomic E-state index is 0.105. The summed E-state index contributed by atoms with van der Waals surface area (Å²) in [4.78, 5) is 25.0. The minimum Gasteiger partial charge on any atom is -0.496 e. The van der Waals surface area contributed by atoms with Crippen molar-refractivity contribution in [3.63, 3.8) is 0 Å². The van der Waals surface area contributed by atoms with Gasteiger partial charge in [0.25, 0.3) is 5.91 Å². The van der Waals surface area contributed by atoms with Crippen LogP contribution < -0.4 is 16.2 Å². The summed E-state index contributed by atoms with van der Waals surface area (Å²) in [5, 5.41) is 0. The number of unbranched alkanes of at least 4 members (excludes halogenated alkanes) is 1. The maximum absolute atomic E-state index is 12.5. The Labute approximate surface area is 118 Å². The van der Waals surface area contributed by atoms with Crippen LogP contribution in [0.15, 0.2) is 18.2 Å². The summed E-state index contributed by atoms with van der Waals surface area (Å²) < 4.78 is 5.16. The molecular weight excluding hydrogens is 258 g/mol. The molecule has 0 unspecified atom stereocenters. The molecule has 6 nitrogen and oxygen atoms in total. The molecule has 1 aromatic carbocycles.